The Hall–Kier alpha value is -2.77. The summed E-state index contributed by atoms with van der Waals surface area (Å²) >= 11 is 0. The lowest BCUT2D eigenvalue weighted by Crippen LogP contribution is -2.11. The lowest BCUT2D eigenvalue weighted by molar-refractivity contribution is -0.385. The summed E-state index contributed by atoms with van der Waals surface area (Å²) in [6.07, 6.45) is 0. The van der Waals surface area contributed by atoms with Crippen LogP contribution in [0.5, 0.6) is 0 Å². The second-order valence-electron chi connectivity index (χ2n) is 4.13. The molecule has 0 unspecified atom stereocenters. The van der Waals surface area contributed by atoms with E-state index in [4.69, 9.17) is 0 Å². The van der Waals surface area contributed by atoms with Crippen LogP contribution in [0.15, 0.2) is 18.2 Å². The number of ether oxygens (including phenoxy) is 1. The summed E-state index contributed by atoms with van der Waals surface area (Å²) in [7, 11) is 1.22. The molecule has 2 rings (SSSR count). The maximum Gasteiger partial charge on any atom is 0.356 e. The molecule has 104 valence electrons. The van der Waals surface area contributed by atoms with Gasteiger partial charge >= 0.3 is 11.7 Å². The van der Waals surface area contributed by atoms with E-state index in [0.717, 1.165) is 0 Å². The van der Waals surface area contributed by atoms with Crippen LogP contribution in [-0.2, 0) is 4.74 Å². The van der Waals surface area contributed by atoms with Gasteiger partial charge in [-0.2, -0.15) is 5.10 Å². The Morgan fingerprint density at radius 3 is 2.60 bits per heavy atom. The van der Waals surface area contributed by atoms with Crippen LogP contribution in [0.2, 0.25) is 0 Å². The summed E-state index contributed by atoms with van der Waals surface area (Å²) in [4.78, 5) is 26.0. The number of aromatic nitrogens is 3. The zero-order valence-electron chi connectivity index (χ0n) is 11.2. The summed E-state index contributed by atoms with van der Waals surface area (Å²) in [5.74, 6) is -0.675. The van der Waals surface area contributed by atoms with E-state index in [1.54, 1.807) is 19.9 Å². The molecule has 2 aromatic rings. The van der Waals surface area contributed by atoms with Crippen molar-refractivity contribution in [2.45, 2.75) is 13.8 Å². The predicted molar refractivity (Wildman–Crippen MR) is 68.8 cm³/mol. The number of methoxy groups -OCH3 is 1. The smallest absolute Gasteiger partial charge is 0.356 e. The quantitative estimate of drug-likeness (QED) is 0.479. The Morgan fingerprint density at radius 2 is 2.10 bits per heavy atom. The van der Waals surface area contributed by atoms with Gasteiger partial charge in [-0.1, -0.05) is 0 Å². The highest BCUT2D eigenvalue weighted by molar-refractivity contribution is 5.87. The van der Waals surface area contributed by atoms with Crippen molar-refractivity contribution >= 4 is 11.7 Å². The second kappa shape index (κ2) is 5.08. The van der Waals surface area contributed by atoms with Crippen LogP contribution < -0.4 is 0 Å². The highest BCUT2D eigenvalue weighted by Gasteiger charge is 2.22. The van der Waals surface area contributed by atoms with Crippen LogP contribution in [0.1, 0.15) is 21.9 Å². The molecule has 0 bridgehead atoms. The van der Waals surface area contributed by atoms with E-state index in [2.05, 4.69) is 14.8 Å². The molecule has 0 saturated heterocycles. The number of nitro groups is 1. The molecule has 0 aromatic carbocycles. The average Bonchev–Trinajstić information content (AvgIpc) is 2.75. The highest BCUT2D eigenvalue weighted by atomic mass is 16.6. The van der Waals surface area contributed by atoms with Gasteiger partial charge in [0.1, 0.15) is 0 Å². The lowest BCUT2D eigenvalue weighted by Gasteiger charge is -2.06. The molecule has 20 heavy (non-hydrogen) atoms. The minimum Gasteiger partial charge on any atom is -0.464 e. The first-order valence-electron chi connectivity index (χ1n) is 5.71. The molecule has 0 aliphatic carbocycles. The van der Waals surface area contributed by atoms with Crippen LogP contribution in [0.25, 0.3) is 5.82 Å². The monoisotopic (exact) mass is 276 g/mol. The molecule has 0 aliphatic rings. The van der Waals surface area contributed by atoms with Crippen molar-refractivity contribution in [3.05, 3.63) is 45.4 Å². The number of hydrogen-bond acceptors (Lipinski definition) is 6. The van der Waals surface area contributed by atoms with Crippen LogP contribution in [0.3, 0.4) is 0 Å². The third-order valence-corrected chi connectivity index (χ3v) is 2.66. The van der Waals surface area contributed by atoms with Gasteiger partial charge in [0.25, 0.3) is 0 Å². The SMILES string of the molecule is COC(=O)c1ccc([N+](=O)[O-])c(-n2nc(C)cc2C)n1. The molecule has 0 N–H and O–H groups in total. The third-order valence-electron chi connectivity index (χ3n) is 2.66. The minimum atomic E-state index is -0.664. The molecule has 2 heterocycles. The van der Waals surface area contributed by atoms with Crippen molar-refractivity contribution in [1.29, 1.82) is 0 Å². The van der Waals surface area contributed by atoms with Gasteiger partial charge in [-0.05, 0) is 26.0 Å². The van der Waals surface area contributed by atoms with Crippen molar-refractivity contribution < 1.29 is 14.5 Å². The van der Waals surface area contributed by atoms with Gasteiger partial charge in [-0.15, -0.1) is 0 Å². The fourth-order valence-electron chi connectivity index (χ4n) is 1.80. The number of pyridine rings is 1. The first kappa shape index (κ1) is 13.7. The van der Waals surface area contributed by atoms with Crippen molar-refractivity contribution in [1.82, 2.24) is 14.8 Å². The Labute approximate surface area is 114 Å². The Kier molecular flexibility index (Phi) is 3.47. The van der Waals surface area contributed by atoms with Crippen LogP contribution >= 0.6 is 0 Å². The van der Waals surface area contributed by atoms with Gasteiger partial charge in [0, 0.05) is 11.8 Å². The fraction of sp³-hybridized carbons (Fsp3) is 0.250. The van der Waals surface area contributed by atoms with Crippen molar-refractivity contribution in [3.63, 3.8) is 0 Å². The molecule has 8 heteroatoms. The Morgan fingerprint density at radius 1 is 1.40 bits per heavy atom. The van der Waals surface area contributed by atoms with E-state index in [1.807, 2.05) is 0 Å². The number of carbonyl (C=O) groups excluding carboxylic acids is 1. The van der Waals surface area contributed by atoms with Gasteiger partial charge in [0.15, 0.2) is 5.69 Å². The maximum atomic E-state index is 11.5. The van der Waals surface area contributed by atoms with Gasteiger partial charge in [0.05, 0.1) is 17.7 Å². The van der Waals surface area contributed by atoms with E-state index in [0.29, 0.717) is 11.4 Å². The third kappa shape index (κ3) is 2.35. The lowest BCUT2D eigenvalue weighted by atomic mass is 10.3. The van der Waals surface area contributed by atoms with Gasteiger partial charge in [-0.25, -0.2) is 14.5 Å². The average molecular weight is 276 g/mol. The first-order chi connectivity index (χ1) is 9.43. The van der Waals surface area contributed by atoms with Crippen LogP contribution in [0.4, 0.5) is 5.69 Å². The topological polar surface area (TPSA) is 100 Å². The molecule has 0 aliphatic heterocycles. The number of carbonyl (C=O) groups is 1. The molecule has 0 radical (unpaired) electrons. The van der Waals surface area contributed by atoms with Crippen molar-refractivity contribution in [2.24, 2.45) is 0 Å². The van der Waals surface area contributed by atoms with Crippen molar-refractivity contribution in [2.75, 3.05) is 7.11 Å². The highest BCUT2D eigenvalue weighted by Crippen LogP contribution is 2.22. The summed E-state index contributed by atoms with van der Waals surface area (Å²) in [6, 6.07) is 4.22. The number of esters is 1. The number of hydrogen-bond donors (Lipinski definition) is 0. The largest absolute Gasteiger partial charge is 0.464 e. The minimum absolute atomic E-state index is 0.0106. The first-order valence-corrected chi connectivity index (χ1v) is 5.71. The van der Waals surface area contributed by atoms with E-state index in [1.165, 1.54) is 23.9 Å². The van der Waals surface area contributed by atoms with E-state index in [-0.39, 0.29) is 17.2 Å². The normalized spacial score (nSPS) is 10.3. The molecule has 0 amide bonds. The Balaban J connectivity index is 2.67. The number of nitrogens with zero attached hydrogens (tertiary/aromatic N) is 4. The Bertz CT molecular complexity index is 693. The molecule has 0 fully saturated rings. The summed E-state index contributed by atoms with van der Waals surface area (Å²) in [5, 5.41) is 15.2. The zero-order chi connectivity index (χ0) is 14.9. The van der Waals surface area contributed by atoms with Crippen LogP contribution in [-0.4, -0.2) is 32.8 Å². The van der Waals surface area contributed by atoms with E-state index < -0.39 is 10.9 Å². The van der Waals surface area contributed by atoms with Gasteiger partial charge < -0.3 is 4.74 Å². The molecule has 0 saturated carbocycles. The molecule has 2 aromatic heterocycles. The predicted octanol–water partition coefficient (Wildman–Crippen LogP) is 1.58. The number of aryl methyl sites for hydroxylation is 2. The second-order valence-corrected chi connectivity index (χ2v) is 4.13. The zero-order valence-corrected chi connectivity index (χ0v) is 11.2. The number of rotatable bonds is 3. The molecule has 0 atom stereocenters. The van der Waals surface area contributed by atoms with Crippen molar-refractivity contribution in [3.8, 4) is 5.82 Å². The van der Waals surface area contributed by atoms with Gasteiger partial charge in [0.2, 0.25) is 5.82 Å². The summed E-state index contributed by atoms with van der Waals surface area (Å²) in [5.41, 5.74) is 1.13. The fourth-order valence-corrected chi connectivity index (χ4v) is 1.80. The molecule has 0 spiro atoms. The maximum absolute atomic E-state index is 11.5. The molecule has 8 nitrogen and oxygen atoms in total. The standard InChI is InChI=1S/C12H12N4O4/c1-7-6-8(2)15(14-7)11-10(16(18)19)5-4-9(13-11)12(17)20-3/h4-6H,1-3H3. The van der Waals surface area contributed by atoms with E-state index in [9.17, 15) is 14.9 Å². The summed E-state index contributed by atoms with van der Waals surface area (Å²) < 4.78 is 5.90. The summed E-state index contributed by atoms with van der Waals surface area (Å²) in [6.45, 7) is 3.51. The van der Waals surface area contributed by atoms with Crippen LogP contribution in [0, 0.1) is 24.0 Å². The molecular weight excluding hydrogens is 264 g/mol. The van der Waals surface area contributed by atoms with E-state index >= 15 is 0 Å². The van der Waals surface area contributed by atoms with Gasteiger partial charge in [-0.3, -0.25) is 10.1 Å². The molecular formula is C12H12N4O4.